The number of esters is 2. The minimum atomic E-state index is -1.23. The van der Waals surface area contributed by atoms with Crippen LogP contribution in [0.2, 0.25) is 5.02 Å². The molecule has 1 N–H and O–H groups in total. The minimum Gasteiger partial charge on any atom is -0.468 e. The summed E-state index contributed by atoms with van der Waals surface area (Å²) in [6.07, 6.45) is 5.69. The lowest BCUT2D eigenvalue weighted by Gasteiger charge is -2.31. The number of ether oxygens (including phenoxy) is 2. The number of carbonyl (C=O) groups excluding carboxylic acids is 2. The average molecular weight is 572 g/mol. The number of allylic oxidation sites excluding steroid dienone is 3. The number of aromatic amines is 1. The van der Waals surface area contributed by atoms with E-state index < -0.39 is 11.4 Å². The number of nitrogens with one attached hydrogen (secondary N) is 1. The van der Waals surface area contributed by atoms with Crippen molar-refractivity contribution in [3.8, 4) is 11.1 Å². The Hall–Kier alpha value is -4.49. The number of hydrogen-bond acceptors (Lipinski definition) is 5. The number of H-pyrrole nitrogens is 1. The monoisotopic (exact) mass is 571 g/mol. The molecule has 1 atom stereocenters. The van der Waals surface area contributed by atoms with Crippen LogP contribution in [0.3, 0.4) is 0 Å². The quantitative estimate of drug-likeness (QED) is 0.254. The molecule has 0 fully saturated rings. The predicted octanol–water partition coefficient (Wildman–Crippen LogP) is 6.55. The van der Waals surface area contributed by atoms with E-state index in [1.165, 1.54) is 19.2 Å². The Labute approximate surface area is 241 Å². The van der Waals surface area contributed by atoms with E-state index in [0.717, 1.165) is 11.1 Å². The lowest BCUT2D eigenvalue weighted by atomic mass is 9.73. The van der Waals surface area contributed by atoms with Crippen molar-refractivity contribution in [2.75, 3.05) is 13.7 Å². The summed E-state index contributed by atoms with van der Waals surface area (Å²) in [5.74, 6) is -1.20. The summed E-state index contributed by atoms with van der Waals surface area (Å²) < 4.78 is 24.1. The number of methoxy groups -OCH3 is 1. The first kappa shape index (κ1) is 28.1. The summed E-state index contributed by atoms with van der Waals surface area (Å²) in [6.45, 7) is 2.04. The molecule has 4 aromatic rings. The molecule has 1 unspecified atom stereocenters. The summed E-state index contributed by atoms with van der Waals surface area (Å²) in [5, 5.41) is 0.946. The number of carbonyl (C=O) groups is 2. The van der Waals surface area contributed by atoms with Gasteiger partial charge in [-0.25, -0.2) is 4.39 Å². The van der Waals surface area contributed by atoms with Gasteiger partial charge in [0.25, 0.3) is 5.56 Å². The lowest BCUT2D eigenvalue weighted by Crippen LogP contribution is -2.36. The molecule has 1 aliphatic rings. The third-order valence-corrected chi connectivity index (χ3v) is 7.52. The van der Waals surface area contributed by atoms with Gasteiger partial charge in [-0.1, -0.05) is 66.2 Å². The average Bonchev–Trinajstić information content (AvgIpc) is 2.96. The lowest BCUT2D eigenvalue weighted by molar-refractivity contribution is -0.145. The molecular weight excluding hydrogens is 545 g/mol. The second-order valence-electron chi connectivity index (χ2n) is 9.78. The van der Waals surface area contributed by atoms with Gasteiger partial charge in [0.05, 0.1) is 20.1 Å². The van der Waals surface area contributed by atoms with Gasteiger partial charge in [0.15, 0.2) is 0 Å². The zero-order chi connectivity index (χ0) is 29.1. The van der Waals surface area contributed by atoms with Crippen LogP contribution in [-0.4, -0.2) is 30.6 Å². The summed E-state index contributed by atoms with van der Waals surface area (Å²) >= 11 is 6.73. The van der Waals surface area contributed by atoms with Crippen LogP contribution in [0.25, 0.3) is 27.6 Å². The van der Waals surface area contributed by atoms with Crippen LogP contribution in [0.15, 0.2) is 89.8 Å². The largest absolute Gasteiger partial charge is 0.468 e. The third-order valence-electron chi connectivity index (χ3n) is 7.20. The molecule has 0 saturated carbocycles. The number of halogens is 2. The molecule has 3 aromatic carbocycles. The van der Waals surface area contributed by atoms with Crippen molar-refractivity contribution in [3.05, 3.63) is 123 Å². The van der Waals surface area contributed by atoms with Crippen LogP contribution < -0.4 is 5.56 Å². The van der Waals surface area contributed by atoms with E-state index in [2.05, 4.69) is 4.98 Å². The zero-order valence-electron chi connectivity index (χ0n) is 22.5. The number of benzene rings is 3. The van der Waals surface area contributed by atoms with E-state index in [9.17, 15) is 18.8 Å². The zero-order valence-corrected chi connectivity index (χ0v) is 23.3. The molecule has 1 aromatic heterocycles. The Morgan fingerprint density at radius 2 is 1.83 bits per heavy atom. The standard InChI is InChI=1S/C33H27ClFNO5/c1-3-41-30(37)15-20-6-4-8-23(14-20)26-17-24-18-27(28(34)19-29(24)36-31(26)38)33(32(39)40-2)12-10-21(11-13-33)22-7-5-9-25(35)16-22/h4-12,14,16-19H,3,13,15H2,1-2H3,(H,36,38). The van der Waals surface area contributed by atoms with E-state index in [-0.39, 0.29) is 41.8 Å². The van der Waals surface area contributed by atoms with E-state index in [1.807, 2.05) is 6.08 Å². The van der Waals surface area contributed by atoms with Gasteiger partial charge in [-0.3, -0.25) is 14.4 Å². The van der Waals surface area contributed by atoms with Gasteiger partial charge < -0.3 is 14.5 Å². The second kappa shape index (κ2) is 11.6. The van der Waals surface area contributed by atoms with Gasteiger partial charge in [0, 0.05) is 16.1 Å². The highest BCUT2D eigenvalue weighted by atomic mass is 35.5. The molecule has 41 heavy (non-hydrogen) atoms. The van der Waals surface area contributed by atoms with Gasteiger partial charge in [-0.15, -0.1) is 0 Å². The van der Waals surface area contributed by atoms with E-state index in [4.69, 9.17) is 21.1 Å². The van der Waals surface area contributed by atoms with Crippen molar-refractivity contribution in [1.29, 1.82) is 0 Å². The maximum atomic E-state index is 13.8. The summed E-state index contributed by atoms with van der Waals surface area (Å²) in [4.78, 5) is 41.2. The fourth-order valence-electron chi connectivity index (χ4n) is 5.18. The number of aromatic nitrogens is 1. The highest BCUT2D eigenvalue weighted by Crippen LogP contribution is 2.42. The normalized spacial score (nSPS) is 16.3. The SMILES string of the molecule is CCOC(=O)Cc1cccc(-c2cc3cc(C4(C(=O)OC)C=CC(c5cccc(F)c5)=CC4)c(Cl)cc3[nH]c2=O)c1. The molecule has 0 spiro atoms. The third kappa shape index (κ3) is 5.58. The van der Waals surface area contributed by atoms with Gasteiger partial charge in [0.1, 0.15) is 11.2 Å². The fourth-order valence-corrected chi connectivity index (χ4v) is 5.51. The van der Waals surface area contributed by atoms with Gasteiger partial charge >= 0.3 is 11.9 Å². The summed E-state index contributed by atoms with van der Waals surface area (Å²) in [5.41, 5.74) is 2.68. The van der Waals surface area contributed by atoms with E-state index >= 15 is 0 Å². The van der Waals surface area contributed by atoms with Crippen LogP contribution in [0, 0.1) is 5.82 Å². The Morgan fingerprint density at radius 1 is 1.05 bits per heavy atom. The Morgan fingerprint density at radius 3 is 2.54 bits per heavy atom. The van der Waals surface area contributed by atoms with Gasteiger partial charge in [0.2, 0.25) is 0 Å². The first-order valence-electron chi connectivity index (χ1n) is 13.1. The Balaban J connectivity index is 1.57. The smallest absolute Gasteiger partial charge is 0.320 e. The van der Waals surface area contributed by atoms with Crippen LogP contribution in [0.4, 0.5) is 4.39 Å². The van der Waals surface area contributed by atoms with Gasteiger partial charge in [-0.2, -0.15) is 0 Å². The van der Waals surface area contributed by atoms with Crippen LogP contribution in [-0.2, 0) is 30.9 Å². The molecule has 5 rings (SSSR count). The van der Waals surface area contributed by atoms with Crippen molar-refractivity contribution in [2.45, 2.75) is 25.2 Å². The van der Waals surface area contributed by atoms with Crippen molar-refractivity contribution < 1.29 is 23.5 Å². The molecule has 0 bridgehead atoms. The van der Waals surface area contributed by atoms with Crippen molar-refractivity contribution >= 4 is 40.0 Å². The summed E-state index contributed by atoms with van der Waals surface area (Å²) in [6, 6.07) is 18.5. The highest BCUT2D eigenvalue weighted by Gasteiger charge is 2.41. The first-order chi connectivity index (χ1) is 19.7. The van der Waals surface area contributed by atoms with Gasteiger partial charge in [-0.05, 0) is 76.9 Å². The number of rotatable bonds is 7. The summed E-state index contributed by atoms with van der Waals surface area (Å²) in [7, 11) is 1.32. The van der Waals surface area contributed by atoms with Crippen molar-refractivity contribution in [2.24, 2.45) is 0 Å². The Kier molecular flexibility index (Phi) is 7.90. The number of pyridine rings is 1. The number of hydrogen-bond donors (Lipinski definition) is 1. The molecule has 6 nitrogen and oxygen atoms in total. The Bertz CT molecular complexity index is 1790. The van der Waals surface area contributed by atoms with Crippen LogP contribution in [0.5, 0.6) is 0 Å². The molecular formula is C33H27ClFNO5. The number of fused-ring (bicyclic) bond motifs is 1. The van der Waals surface area contributed by atoms with Crippen molar-refractivity contribution in [3.63, 3.8) is 0 Å². The minimum absolute atomic E-state index is 0.0893. The molecule has 1 heterocycles. The molecule has 8 heteroatoms. The predicted molar refractivity (Wildman–Crippen MR) is 157 cm³/mol. The fraction of sp³-hybridized carbons (Fsp3) is 0.182. The molecule has 0 saturated heterocycles. The van der Waals surface area contributed by atoms with Crippen LogP contribution in [0.1, 0.15) is 30.0 Å². The van der Waals surface area contributed by atoms with Crippen molar-refractivity contribution in [1.82, 2.24) is 4.98 Å². The van der Waals surface area contributed by atoms with E-state index in [0.29, 0.717) is 33.2 Å². The highest BCUT2D eigenvalue weighted by molar-refractivity contribution is 6.32. The topological polar surface area (TPSA) is 85.5 Å². The first-order valence-corrected chi connectivity index (χ1v) is 13.5. The van der Waals surface area contributed by atoms with Crippen LogP contribution >= 0.6 is 11.6 Å². The molecule has 208 valence electrons. The molecule has 0 aliphatic heterocycles. The molecule has 0 amide bonds. The second-order valence-corrected chi connectivity index (χ2v) is 10.2. The molecule has 1 aliphatic carbocycles. The maximum Gasteiger partial charge on any atom is 0.320 e. The maximum absolute atomic E-state index is 13.8. The van der Waals surface area contributed by atoms with E-state index in [1.54, 1.807) is 73.7 Å². The molecule has 0 radical (unpaired) electrons.